The first kappa shape index (κ1) is 77.5. The zero-order chi connectivity index (χ0) is 67.0. The molecule has 5 rings (SSSR count). The van der Waals surface area contributed by atoms with Crippen LogP contribution in [-0.2, 0) is 87.4 Å². The molecule has 6 amide bonds. The Morgan fingerprint density at radius 3 is 1.99 bits per heavy atom. The van der Waals surface area contributed by atoms with Gasteiger partial charge < -0.3 is 84.6 Å². The predicted octanol–water partition coefficient (Wildman–Crippen LogP) is 3.74. The van der Waals surface area contributed by atoms with Crippen LogP contribution in [0.4, 0.5) is 5.69 Å². The summed E-state index contributed by atoms with van der Waals surface area (Å²) < 4.78 is 57.4. The second-order valence-corrected chi connectivity index (χ2v) is 25.0. The molecule has 0 radical (unpaired) electrons. The average Bonchev–Trinajstić information content (AvgIpc) is 1.57. The van der Waals surface area contributed by atoms with Crippen molar-refractivity contribution in [3.63, 3.8) is 0 Å². The van der Waals surface area contributed by atoms with E-state index in [9.17, 15) is 43.8 Å². The highest BCUT2D eigenvalue weighted by Crippen LogP contribution is 2.43. The van der Waals surface area contributed by atoms with Crippen LogP contribution in [-0.4, -0.2) is 222 Å². The molecule has 0 aromatic heterocycles. The van der Waals surface area contributed by atoms with Crippen LogP contribution < -0.4 is 31.9 Å². The number of hydrogen-bond acceptors (Lipinski definition) is 19. The Labute approximate surface area is 550 Å². The molecule has 92 heavy (non-hydrogen) atoms. The largest absolute Gasteiger partial charge is 0.462 e. The lowest BCUT2D eigenvalue weighted by Gasteiger charge is -2.39. The number of nitrogens with one attached hydrogen (secondary N) is 4. The van der Waals surface area contributed by atoms with E-state index < -0.39 is 65.8 Å². The summed E-state index contributed by atoms with van der Waals surface area (Å²) in [5, 5.41) is 32.6. The molecule has 518 valence electrons. The molecule has 1 aliphatic carbocycles. The van der Waals surface area contributed by atoms with E-state index in [0.29, 0.717) is 122 Å². The minimum Gasteiger partial charge on any atom is -0.462 e. The van der Waals surface area contributed by atoms with Crippen LogP contribution in [0.1, 0.15) is 118 Å². The Hall–Kier alpha value is -5.23. The van der Waals surface area contributed by atoms with Gasteiger partial charge in [-0.05, 0) is 96.1 Å². The third-order valence-electron chi connectivity index (χ3n) is 16.5. The summed E-state index contributed by atoms with van der Waals surface area (Å²) in [6, 6.07) is 4.52. The summed E-state index contributed by atoms with van der Waals surface area (Å²) in [4.78, 5) is 92.1. The lowest BCUT2D eigenvalue weighted by atomic mass is 9.87. The lowest BCUT2D eigenvalue weighted by Crippen LogP contribution is -2.56. The van der Waals surface area contributed by atoms with Crippen LogP contribution in [0.25, 0.3) is 0 Å². The summed E-state index contributed by atoms with van der Waals surface area (Å²) in [6.45, 7) is 17.7. The summed E-state index contributed by atoms with van der Waals surface area (Å²) in [7, 11) is 0. The topological polar surface area (TPSA) is 333 Å². The van der Waals surface area contributed by atoms with Gasteiger partial charge in [-0.2, -0.15) is 0 Å². The van der Waals surface area contributed by atoms with Crippen molar-refractivity contribution in [1.29, 1.82) is 0 Å². The second-order valence-electron chi connectivity index (χ2n) is 24.4. The Morgan fingerprint density at radius 1 is 0.793 bits per heavy atom. The number of alkyl halides is 1. The van der Waals surface area contributed by atoms with Crippen LogP contribution in [0.2, 0.25) is 0 Å². The fourth-order valence-corrected chi connectivity index (χ4v) is 11.3. The van der Waals surface area contributed by atoms with Gasteiger partial charge in [-0.1, -0.05) is 84.8 Å². The van der Waals surface area contributed by atoms with E-state index in [4.69, 9.17) is 53.1 Å². The van der Waals surface area contributed by atoms with E-state index in [1.165, 1.54) is 24.0 Å². The number of aliphatic hydroxyl groups excluding tert-OH is 2. The second kappa shape index (κ2) is 41.6. The number of nitrogens with two attached hydrogens (primary N) is 1. The minimum atomic E-state index is -1.11. The van der Waals surface area contributed by atoms with Gasteiger partial charge in [-0.3, -0.25) is 38.5 Å². The van der Waals surface area contributed by atoms with Gasteiger partial charge in [0.15, 0.2) is 0 Å². The number of aliphatic hydroxyl groups is 2. The normalized spacial score (nSPS) is 25.1. The van der Waals surface area contributed by atoms with Gasteiger partial charge in [0.2, 0.25) is 29.5 Å². The maximum atomic E-state index is 14.5. The van der Waals surface area contributed by atoms with E-state index in [2.05, 4.69) is 50.2 Å². The standard InChI is InChI=1S/C66H103BrN6O19/c1-43(2)62(72-58(76)24-26-83-28-30-85-32-34-87-36-37-88-35-33-86-31-29-84-27-25-69-60(78)41-67)65(82)73(47(6)64(68)81)54-11-9-8-10-49(54)15-23-61(79)92-51-18-16-50(17-19-51)70-59(77)39-52-40-66(42-89-66)63(80)56(91-52)21-13-44(3)12-20-55-45(4)38-53(48(7)90-55)71-57(75)22-14-46(5)74/h8-14,21-22,43,45-48,50-53,55-56,62-63,74,80H,15-20,23-42H2,1-7H3,(H2,68,81)(H,69,78)(H,70,77)(H,71,75)(H,72,76)/b21-13+,22-14-,44-12+/t45-,46-,47-,48+,50?,51?,52-,53+,55-,56?,62-,63+,66+/m0/s1. The molecule has 0 bridgehead atoms. The van der Waals surface area contributed by atoms with Crippen molar-refractivity contribution in [2.75, 3.05) is 103 Å². The number of benzene rings is 1. The third-order valence-corrected chi connectivity index (χ3v) is 17.0. The smallest absolute Gasteiger partial charge is 0.306 e. The van der Waals surface area contributed by atoms with Gasteiger partial charge in [0.25, 0.3) is 5.91 Å². The van der Waals surface area contributed by atoms with Crippen LogP contribution in [0.5, 0.6) is 0 Å². The third kappa shape index (κ3) is 28.0. The summed E-state index contributed by atoms with van der Waals surface area (Å²) in [5.41, 5.74) is 6.98. The van der Waals surface area contributed by atoms with Crippen molar-refractivity contribution >= 4 is 63.0 Å². The van der Waals surface area contributed by atoms with Gasteiger partial charge in [0, 0.05) is 43.6 Å². The molecule has 1 unspecified atom stereocenters. The monoisotopic (exact) mass is 1360 g/mol. The molecule has 26 heteroatoms. The zero-order valence-electron chi connectivity index (χ0n) is 54.8. The maximum absolute atomic E-state index is 14.5. The molecule has 1 aromatic rings. The van der Waals surface area contributed by atoms with Gasteiger partial charge in [-0.25, -0.2) is 0 Å². The number of hydrogen-bond donors (Lipinski definition) is 7. The van der Waals surface area contributed by atoms with E-state index in [-0.39, 0.29) is 111 Å². The number of aryl methyl sites for hydroxylation is 1. The molecular formula is C66H103BrN6O19. The molecule has 4 aliphatic rings. The van der Waals surface area contributed by atoms with Crippen molar-refractivity contribution in [3.8, 4) is 0 Å². The van der Waals surface area contributed by atoms with Crippen molar-refractivity contribution in [1.82, 2.24) is 21.3 Å². The van der Waals surface area contributed by atoms with Crippen LogP contribution >= 0.6 is 15.9 Å². The zero-order valence-corrected chi connectivity index (χ0v) is 56.4. The molecular weight excluding hydrogens is 1260 g/mol. The van der Waals surface area contributed by atoms with Gasteiger partial charge in [0.05, 0.1) is 128 Å². The van der Waals surface area contributed by atoms with E-state index in [1.54, 1.807) is 45.0 Å². The molecule has 1 spiro atoms. The highest BCUT2D eigenvalue weighted by Gasteiger charge is 2.58. The number of allylic oxidation sites excluding steroid dienone is 2. The summed E-state index contributed by atoms with van der Waals surface area (Å²) >= 11 is 3.08. The number of anilines is 1. The fourth-order valence-electron chi connectivity index (χ4n) is 11.1. The molecule has 3 saturated heterocycles. The minimum absolute atomic E-state index is 0.0178. The van der Waals surface area contributed by atoms with E-state index in [0.717, 1.165) is 12.0 Å². The number of carbonyl (C=O) groups is 7. The van der Waals surface area contributed by atoms with Gasteiger partial charge in [-0.15, -0.1) is 0 Å². The Morgan fingerprint density at radius 2 is 1.40 bits per heavy atom. The summed E-state index contributed by atoms with van der Waals surface area (Å²) in [5.74, 6) is -2.91. The molecule has 11 atom stereocenters. The molecule has 3 aliphatic heterocycles. The van der Waals surface area contributed by atoms with Gasteiger partial charge >= 0.3 is 5.97 Å². The number of carbonyl (C=O) groups excluding carboxylic acids is 7. The highest BCUT2D eigenvalue weighted by atomic mass is 79.9. The Kier molecular flexibility index (Phi) is 35.0. The predicted molar refractivity (Wildman–Crippen MR) is 345 cm³/mol. The number of epoxide rings is 1. The van der Waals surface area contributed by atoms with Crippen molar-refractivity contribution in [2.45, 2.75) is 192 Å². The molecule has 8 N–H and O–H groups in total. The first-order valence-electron chi connectivity index (χ1n) is 32.5. The quantitative estimate of drug-likeness (QED) is 0.0122. The van der Waals surface area contributed by atoms with Crippen LogP contribution in [0.15, 0.2) is 60.2 Å². The highest BCUT2D eigenvalue weighted by molar-refractivity contribution is 9.09. The SMILES string of the molecule is CC(/C=C/C1O[C@@H](CC(=O)NC2CCC(OC(=O)CCc3ccccc3N(C(=O)[C@@H](NC(=O)CCOCCOCCOCCOCCOCCOCCNC(=O)CBr)C(C)C)[C@@H](C)C(N)=O)CC2)C[C@@]2(CO2)[C@@H]1O)=C\C[C@@H]1O[C@H](C)[C@H](NC(=O)/C=C\[C@H](C)O)C[C@@H]1C. The number of amides is 6. The first-order valence-corrected chi connectivity index (χ1v) is 33.6. The number of ether oxygens (including phenoxy) is 10. The van der Waals surface area contributed by atoms with Gasteiger partial charge in [0.1, 0.15) is 36.0 Å². The number of primary amides is 1. The molecule has 1 aromatic carbocycles. The van der Waals surface area contributed by atoms with Crippen molar-refractivity contribution in [2.24, 2.45) is 17.6 Å². The van der Waals surface area contributed by atoms with E-state index >= 15 is 0 Å². The fraction of sp³-hybridized carbons (Fsp3) is 0.712. The number of nitrogens with zero attached hydrogens (tertiary/aromatic N) is 1. The number of esters is 1. The average molecular weight is 1360 g/mol. The number of para-hydroxylation sites is 1. The Balaban J connectivity index is 0.973. The molecule has 1 saturated carbocycles. The van der Waals surface area contributed by atoms with Crippen molar-refractivity contribution < 1.29 is 91.1 Å². The molecule has 25 nitrogen and oxygen atoms in total. The molecule has 4 fully saturated rings. The maximum Gasteiger partial charge on any atom is 0.306 e. The van der Waals surface area contributed by atoms with Crippen LogP contribution in [0, 0.1) is 11.8 Å². The Bertz CT molecular complexity index is 2540. The number of halogens is 1. The lowest BCUT2D eigenvalue weighted by molar-refractivity contribution is -0.151. The number of rotatable bonds is 42. The molecule has 3 heterocycles. The summed E-state index contributed by atoms with van der Waals surface area (Å²) in [6.07, 6.45) is 9.46. The van der Waals surface area contributed by atoms with E-state index in [1.807, 2.05) is 26.0 Å². The van der Waals surface area contributed by atoms with Crippen molar-refractivity contribution in [3.05, 3.63) is 65.8 Å². The van der Waals surface area contributed by atoms with Crippen LogP contribution in [0.3, 0.4) is 0 Å². The first-order chi connectivity index (χ1) is 44.1.